The molecule has 1 atom stereocenters. The van der Waals surface area contributed by atoms with Crippen molar-refractivity contribution in [3.63, 3.8) is 0 Å². The van der Waals surface area contributed by atoms with Gasteiger partial charge in [0.05, 0.1) is 26.9 Å². The zero-order valence-corrected chi connectivity index (χ0v) is 18.6. The summed E-state index contributed by atoms with van der Waals surface area (Å²) in [5.74, 6) is 0. The van der Waals surface area contributed by atoms with Crippen molar-refractivity contribution in [2.45, 2.75) is 17.4 Å². The summed E-state index contributed by atoms with van der Waals surface area (Å²) >= 11 is 9.11. The Hall–Kier alpha value is -2.30. The minimum absolute atomic E-state index is 0.0222. The Balaban J connectivity index is 1.59. The number of thiazole rings is 1. The topological polar surface area (TPSA) is 88.7 Å². The maximum absolute atomic E-state index is 11.7. The molecular weight excluding hydrogens is 460 g/mol. The molecule has 0 spiro atoms. The van der Waals surface area contributed by atoms with E-state index >= 15 is 0 Å². The van der Waals surface area contributed by atoms with Gasteiger partial charge in [0, 0.05) is 16.3 Å². The van der Waals surface area contributed by atoms with Gasteiger partial charge < -0.3 is 0 Å². The molecule has 1 aliphatic heterocycles. The Morgan fingerprint density at radius 2 is 1.93 bits per heavy atom. The number of rotatable bonds is 4. The standard InChI is InChI=1S/C20H15ClN4O2S3/c21-13-5-3-12(4-6-13)16-11-17(18-2-1-9-28-18)25(24-16)20-23-15-8-7-14(30(22,26)27)10-19(15)29-20/h1-10,17H,11H2,(H2,22,26,27). The molecule has 1 unspecified atom stereocenters. The molecule has 0 saturated heterocycles. The number of aromatic nitrogens is 1. The normalized spacial score (nSPS) is 16.9. The fourth-order valence-electron chi connectivity index (χ4n) is 3.37. The Morgan fingerprint density at radius 3 is 2.63 bits per heavy atom. The number of halogens is 1. The van der Waals surface area contributed by atoms with Gasteiger partial charge in [-0.1, -0.05) is 41.1 Å². The Morgan fingerprint density at radius 1 is 1.13 bits per heavy atom. The first-order valence-corrected chi connectivity index (χ1v) is 12.6. The Labute approximate surface area is 186 Å². The van der Waals surface area contributed by atoms with Crippen molar-refractivity contribution in [2.24, 2.45) is 10.2 Å². The van der Waals surface area contributed by atoms with Gasteiger partial charge in [0.25, 0.3) is 0 Å². The molecule has 2 aromatic heterocycles. The van der Waals surface area contributed by atoms with Gasteiger partial charge in [-0.2, -0.15) is 5.10 Å². The van der Waals surface area contributed by atoms with Crippen LogP contribution in [0.1, 0.15) is 22.9 Å². The van der Waals surface area contributed by atoms with Crippen molar-refractivity contribution in [2.75, 3.05) is 5.01 Å². The summed E-state index contributed by atoms with van der Waals surface area (Å²) in [7, 11) is -3.77. The third-order valence-corrected chi connectivity index (χ3v) is 7.98. The number of thiophene rings is 1. The van der Waals surface area contributed by atoms with E-state index in [1.807, 2.05) is 40.7 Å². The number of nitrogens with two attached hydrogens (primary N) is 1. The maximum atomic E-state index is 11.7. The predicted octanol–water partition coefficient (Wildman–Crippen LogP) is 5.01. The minimum Gasteiger partial charge on any atom is -0.230 e. The molecule has 0 saturated carbocycles. The third kappa shape index (κ3) is 3.63. The van der Waals surface area contributed by atoms with Gasteiger partial charge in [-0.15, -0.1) is 11.3 Å². The van der Waals surface area contributed by atoms with Crippen LogP contribution in [0.2, 0.25) is 5.02 Å². The minimum atomic E-state index is -3.77. The number of benzene rings is 2. The number of sulfonamides is 1. The average Bonchev–Trinajstić information content (AvgIpc) is 3.45. The highest BCUT2D eigenvalue weighted by molar-refractivity contribution is 7.89. The second kappa shape index (κ2) is 7.44. The smallest absolute Gasteiger partial charge is 0.230 e. The van der Waals surface area contributed by atoms with Crippen molar-refractivity contribution < 1.29 is 8.42 Å². The fourth-order valence-corrected chi connectivity index (χ4v) is 5.93. The molecule has 0 bridgehead atoms. The molecule has 0 fully saturated rings. The third-order valence-electron chi connectivity index (χ3n) is 4.83. The van der Waals surface area contributed by atoms with Gasteiger partial charge in [-0.05, 0) is 47.3 Å². The quantitative estimate of drug-likeness (QED) is 0.450. The van der Waals surface area contributed by atoms with Crippen molar-refractivity contribution in [3.05, 3.63) is 75.4 Å². The van der Waals surface area contributed by atoms with Crippen molar-refractivity contribution in [3.8, 4) is 0 Å². The first kappa shape index (κ1) is 19.7. The maximum Gasteiger partial charge on any atom is 0.238 e. The van der Waals surface area contributed by atoms with Crippen LogP contribution in [0, 0.1) is 0 Å². The zero-order chi connectivity index (χ0) is 20.9. The van der Waals surface area contributed by atoms with Crippen LogP contribution in [-0.2, 0) is 10.0 Å². The number of nitrogens with zero attached hydrogens (tertiary/aromatic N) is 3. The van der Waals surface area contributed by atoms with E-state index in [1.165, 1.54) is 22.3 Å². The number of hydrogen-bond acceptors (Lipinski definition) is 7. The molecule has 0 aliphatic carbocycles. The number of hydrogen-bond donors (Lipinski definition) is 1. The summed E-state index contributed by atoms with van der Waals surface area (Å²) in [5.41, 5.74) is 2.68. The van der Waals surface area contributed by atoms with E-state index < -0.39 is 10.0 Å². The molecule has 5 rings (SSSR count). The molecule has 152 valence electrons. The number of anilines is 1. The predicted molar refractivity (Wildman–Crippen MR) is 123 cm³/mol. The molecule has 30 heavy (non-hydrogen) atoms. The average molecular weight is 475 g/mol. The number of primary sulfonamides is 1. The summed E-state index contributed by atoms with van der Waals surface area (Å²) in [6.45, 7) is 0. The molecular formula is C20H15ClN4O2S3. The molecule has 3 heterocycles. The van der Waals surface area contributed by atoms with Crippen LogP contribution in [0.5, 0.6) is 0 Å². The molecule has 0 radical (unpaired) electrons. The lowest BCUT2D eigenvalue weighted by atomic mass is 10.0. The summed E-state index contributed by atoms with van der Waals surface area (Å²) in [4.78, 5) is 5.97. The van der Waals surface area contributed by atoms with Crippen LogP contribution >= 0.6 is 34.3 Å². The van der Waals surface area contributed by atoms with Crippen LogP contribution < -0.4 is 10.1 Å². The van der Waals surface area contributed by atoms with Crippen LogP contribution in [0.3, 0.4) is 0 Å². The van der Waals surface area contributed by atoms with E-state index in [1.54, 1.807) is 23.5 Å². The van der Waals surface area contributed by atoms with Gasteiger partial charge in [-0.25, -0.2) is 23.5 Å². The van der Waals surface area contributed by atoms with E-state index in [-0.39, 0.29) is 10.9 Å². The molecule has 10 heteroatoms. The molecule has 2 aromatic carbocycles. The molecule has 1 aliphatic rings. The van der Waals surface area contributed by atoms with Crippen molar-refractivity contribution in [1.82, 2.24) is 4.98 Å². The summed E-state index contributed by atoms with van der Waals surface area (Å²) in [5, 5.41) is 15.5. The van der Waals surface area contributed by atoms with Crippen molar-refractivity contribution in [1.29, 1.82) is 0 Å². The van der Waals surface area contributed by atoms with Crippen LogP contribution in [0.4, 0.5) is 5.13 Å². The number of hydrazone groups is 1. The van der Waals surface area contributed by atoms with Gasteiger partial charge in [-0.3, -0.25) is 0 Å². The first-order valence-electron chi connectivity index (χ1n) is 8.98. The fraction of sp³-hybridized carbons (Fsp3) is 0.100. The Kier molecular flexibility index (Phi) is 4.87. The summed E-state index contributed by atoms with van der Waals surface area (Å²) in [6, 6.07) is 16.5. The second-order valence-electron chi connectivity index (χ2n) is 6.80. The summed E-state index contributed by atoms with van der Waals surface area (Å²) in [6.07, 6.45) is 0.737. The highest BCUT2D eigenvalue weighted by Gasteiger charge is 2.32. The van der Waals surface area contributed by atoms with E-state index in [0.717, 1.165) is 22.4 Å². The van der Waals surface area contributed by atoms with Gasteiger partial charge >= 0.3 is 0 Å². The molecule has 6 nitrogen and oxygen atoms in total. The lowest BCUT2D eigenvalue weighted by Gasteiger charge is -2.19. The zero-order valence-electron chi connectivity index (χ0n) is 15.4. The van der Waals surface area contributed by atoms with Gasteiger partial charge in [0.2, 0.25) is 15.2 Å². The van der Waals surface area contributed by atoms with Crippen LogP contribution in [-0.4, -0.2) is 19.1 Å². The highest BCUT2D eigenvalue weighted by atomic mass is 35.5. The van der Waals surface area contributed by atoms with E-state index in [0.29, 0.717) is 15.7 Å². The van der Waals surface area contributed by atoms with Gasteiger partial charge in [0.15, 0.2) is 0 Å². The molecule has 2 N–H and O–H groups in total. The lowest BCUT2D eigenvalue weighted by molar-refractivity contribution is 0.598. The second-order valence-corrected chi connectivity index (χ2v) is 10.8. The molecule has 0 amide bonds. The largest absolute Gasteiger partial charge is 0.238 e. The lowest BCUT2D eigenvalue weighted by Crippen LogP contribution is -2.17. The van der Waals surface area contributed by atoms with Crippen LogP contribution in [0.15, 0.2) is 70.0 Å². The van der Waals surface area contributed by atoms with E-state index in [4.69, 9.17) is 26.8 Å². The summed E-state index contributed by atoms with van der Waals surface area (Å²) < 4.78 is 24.1. The van der Waals surface area contributed by atoms with E-state index in [9.17, 15) is 8.42 Å². The SMILES string of the molecule is NS(=O)(=O)c1ccc2nc(N3N=C(c4ccc(Cl)cc4)CC3c3cccs3)sc2c1. The monoisotopic (exact) mass is 474 g/mol. The van der Waals surface area contributed by atoms with E-state index in [2.05, 4.69) is 6.07 Å². The van der Waals surface area contributed by atoms with Crippen LogP contribution in [0.25, 0.3) is 10.2 Å². The first-order chi connectivity index (χ1) is 14.4. The van der Waals surface area contributed by atoms with Gasteiger partial charge in [0.1, 0.15) is 0 Å². The Bertz CT molecular complexity index is 1360. The van der Waals surface area contributed by atoms with Crippen molar-refractivity contribution >= 4 is 65.4 Å². The molecule has 4 aromatic rings. The highest BCUT2D eigenvalue weighted by Crippen LogP contribution is 2.41. The number of fused-ring (bicyclic) bond motifs is 1.